The van der Waals surface area contributed by atoms with E-state index in [-0.39, 0.29) is 17.8 Å². The van der Waals surface area contributed by atoms with Gasteiger partial charge in [0.15, 0.2) is 6.10 Å². The first kappa shape index (κ1) is 15.7. The molecule has 0 saturated carbocycles. The zero-order valence-corrected chi connectivity index (χ0v) is 13.6. The lowest BCUT2D eigenvalue weighted by Gasteiger charge is -2.22. The van der Waals surface area contributed by atoms with Crippen LogP contribution in [0.5, 0.6) is 0 Å². The molecule has 0 N–H and O–H groups in total. The van der Waals surface area contributed by atoms with Crippen LogP contribution in [0.1, 0.15) is 28.6 Å². The number of hydrogen-bond donors (Lipinski definition) is 0. The number of carbonyl (C=O) groups is 1. The molecule has 1 amide bonds. The van der Waals surface area contributed by atoms with E-state index in [1.165, 1.54) is 23.5 Å². The second-order valence-corrected chi connectivity index (χ2v) is 6.25. The van der Waals surface area contributed by atoms with Crippen LogP contribution in [0.3, 0.4) is 0 Å². The van der Waals surface area contributed by atoms with Crippen molar-refractivity contribution in [2.24, 2.45) is 5.16 Å². The molecular formula is C17H17FN2O2S. The molecule has 1 aromatic carbocycles. The number of thiophene rings is 1. The van der Waals surface area contributed by atoms with E-state index in [4.69, 9.17) is 4.84 Å². The molecule has 6 heteroatoms. The summed E-state index contributed by atoms with van der Waals surface area (Å²) in [7, 11) is 0. The number of oxime groups is 1. The normalized spacial score (nSPS) is 16.8. The van der Waals surface area contributed by atoms with Crippen molar-refractivity contribution >= 4 is 23.0 Å². The summed E-state index contributed by atoms with van der Waals surface area (Å²) in [5, 5.41) is 5.94. The Kier molecular flexibility index (Phi) is 4.71. The van der Waals surface area contributed by atoms with E-state index in [1.807, 2.05) is 30.5 Å². The van der Waals surface area contributed by atoms with Gasteiger partial charge in [-0.15, -0.1) is 11.3 Å². The van der Waals surface area contributed by atoms with Crippen molar-refractivity contribution in [3.8, 4) is 0 Å². The van der Waals surface area contributed by atoms with Crippen LogP contribution in [0.15, 0.2) is 46.9 Å². The maximum atomic E-state index is 13.3. The summed E-state index contributed by atoms with van der Waals surface area (Å²) in [6.45, 7) is 3.01. The predicted molar refractivity (Wildman–Crippen MR) is 88.3 cm³/mol. The average molecular weight is 332 g/mol. The number of benzene rings is 1. The van der Waals surface area contributed by atoms with E-state index >= 15 is 0 Å². The molecule has 0 fully saturated rings. The summed E-state index contributed by atoms with van der Waals surface area (Å²) in [6, 6.07) is 9.98. The highest BCUT2D eigenvalue weighted by atomic mass is 32.1. The minimum absolute atomic E-state index is 0.00491. The summed E-state index contributed by atoms with van der Waals surface area (Å²) < 4.78 is 13.3. The lowest BCUT2D eigenvalue weighted by atomic mass is 10.0. The Morgan fingerprint density at radius 3 is 3.00 bits per heavy atom. The minimum Gasteiger partial charge on any atom is -0.390 e. The number of carbonyl (C=O) groups excluding carboxylic acids is 1. The van der Waals surface area contributed by atoms with Crippen molar-refractivity contribution in [3.63, 3.8) is 0 Å². The first-order valence-corrected chi connectivity index (χ1v) is 8.36. The molecule has 0 radical (unpaired) electrons. The second-order valence-electron chi connectivity index (χ2n) is 5.30. The maximum absolute atomic E-state index is 13.3. The third-order valence-electron chi connectivity index (χ3n) is 3.72. The fourth-order valence-electron chi connectivity index (χ4n) is 2.52. The molecule has 120 valence electrons. The third kappa shape index (κ3) is 3.59. The molecule has 2 aromatic rings. The number of amides is 1. The zero-order chi connectivity index (χ0) is 16.2. The SMILES string of the molecule is CCN(C[C@H]1CC(c2cccc(F)c2)=NO1)C(=O)c1cccs1. The summed E-state index contributed by atoms with van der Waals surface area (Å²) >= 11 is 1.43. The molecular weight excluding hydrogens is 315 g/mol. The highest BCUT2D eigenvalue weighted by Crippen LogP contribution is 2.20. The van der Waals surface area contributed by atoms with Gasteiger partial charge in [-0.1, -0.05) is 23.4 Å². The number of rotatable bonds is 5. The molecule has 0 spiro atoms. The van der Waals surface area contributed by atoms with Crippen molar-refractivity contribution in [2.45, 2.75) is 19.4 Å². The molecule has 1 aliphatic heterocycles. The van der Waals surface area contributed by atoms with Crippen LogP contribution in [-0.2, 0) is 4.84 Å². The topological polar surface area (TPSA) is 41.9 Å². The van der Waals surface area contributed by atoms with E-state index in [1.54, 1.807) is 11.0 Å². The third-order valence-corrected chi connectivity index (χ3v) is 4.57. The van der Waals surface area contributed by atoms with Gasteiger partial charge < -0.3 is 9.74 Å². The first-order chi connectivity index (χ1) is 11.2. The molecule has 0 bridgehead atoms. The molecule has 1 aliphatic rings. The molecule has 2 heterocycles. The number of halogens is 1. The molecule has 1 aromatic heterocycles. The van der Waals surface area contributed by atoms with Gasteiger partial charge in [-0.25, -0.2) is 4.39 Å². The Hall–Kier alpha value is -2.21. The van der Waals surface area contributed by atoms with Crippen LogP contribution in [0, 0.1) is 5.82 Å². The lowest BCUT2D eigenvalue weighted by Crippen LogP contribution is -2.37. The maximum Gasteiger partial charge on any atom is 0.264 e. The molecule has 4 nitrogen and oxygen atoms in total. The average Bonchev–Trinajstić information content (AvgIpc) is 3.23. The molecule has 0 unspecified atom stereocenters. The Morgan fingerprint density at radius 1 is 1.43 bits per heavy atom. The fraction of sp³-hybridized carbons (Fsp3) is 0.294. The number of likely N-dealkylation sites (N-methyl/N-ethyl adjacent to an activating group) is 1. The summed E-state index contributed by atoms with van der Waals surface area (Å²) in [6.07, 6.45) is 0.370. The molecule has 0 aliphatic carbocycles. The van der Waals surface area contributed by atoms with Gasteiger partial charge in [0, 0.05) is 18.5 Å². The highest BCUT2D eigenvalue weighted by Gasteiger charge is 2.26. The number of nitrogens with zero attached hydrogens (tertiary/aromatic N) is 2. The monoisotopic (exact) mass is 332 g/mol. The fourth-order valence-corrected chi connectivity index (χ4v) is 3.21. The van der Waals surface area contributed by atoms with E-state index < -0.39 is 0 Å². The smallest absolute Gasteiger partial charge is 0.264 e. The van der Waals surface area contributed by atoms with Crippen LogP contribution < -0.4 is 0 Å². The van der Waals surface area contributed by atoms with Crippen molar-refractivity contribution in [1.82, 2.24) is 4.90 Å². The molecule has 0 saturated heterocycles. The van der Waals surface area contributed by atoms with Gasteiger partial charge in [-0.2, -0.15) is 0 Å². The first-order valence-electron chi connectivity index (χ1n) is 7.48. The highest BCUT2D eigenvalue weighted by molar-refractivity contribution is 7.12. The van der Waals surface area contributed by atoms with Gasteiger partial charge in [0.2, 0.25) is 0 Å². The van der Waals surface area contributed by atoms with Crippen LogP contribution in [0.2, 0.25) is 0 Å². The van der Waals surface area contributed by atoms with Crippen molar-refractivity contribution in [2.75, 3.05) is 13.1 Å². The van der Waals surface area contributed by atoms with Crippen LogP contribution in [0.25, 0.3) is 0 Å². The second kappa shape index (κ2) is 6.91. The standard InChI is InChI=1S/C17H17FN2O2S/c1-2-20(17(21)16-7-4-8-23-16)11-14-10-15(19-22-14)12-5-3-6-13(18)9-12/h3-9,14H,2,10-11H2,1H3/t14-/m1/s1. The van der Waals surface area contributed by atoms with Crippen molar-refractivity contribution in [1.29, 1.82) is 0 Å². The summed E-state index contributed by atoms with van der Waals surface area (Å²) in [4.78, 5) is 20.3. The Morgan fingerprint density at radius 2 is 2.30 bits per heavy atom. The van der Waals surface area contributed by atoms with Crippen molar-refractivity contribution < 1.29 is 14.0 Å². The molecule has 23 heavy (non-hydrogen) atoms. The Bertz CT molecular complexity index is 715. The summed E-state index contributed by atoms with van der Waals surface area (Å²) in [5.74, 6) is -0.290. The Balaban J connectivity index is 1.62. The van der Waals surface area contributed by atoms with Crippen LogP contribution >= 0.6 is 11.3 Å². The molecule has 1 atom stereocenters. The minimum atomic E-state index is -0.295. The van der Waals surface area contributed by atoms with Gasteiger partial charge in [0.05, 0.1) is 17.1 Å². The van der Waals surface area contributed by atoms with Gasteiger partial charge in [0.1, 0.15) is 5.82 Å². The molecule has 3 rings (SSSR count). The predicted octanol–water partition coefficient (Wildman–Crippen LogP) is 3.54. The van der Waals surface area contributed by atoms with E-state index in [9.17, 15) is 9.18 Å². The van der Waals surface area contributed by atoms with E-state index in [2.05, 4.69) is 5.16 Å². The van der Waals surface area contributed by atoms with E-state index in [0.29, 0.717) is 25.2 Å². The van der Waals surface area contributed by atoms with Gasteiger partial charge in [-0.3, -0.25) is 4.79 Å². The zero-order valence-electron chi connectivity index (χ0n) is 12.7. The largest absolute Gasteiger partial charge is 0.390 e. The van der Waals surface area contributed by atoms with Gasteiger partial charge in [0.25, 0.3) is 5.91 Å². The summed E-state index contributed by atoms with van der Waals surface area (Å²) in [5.41, 5.74) is 1.44. The van der Waals surface area contributed by atoms with Gasteiger partial charge in [-0.05, 0) is 30.5 Å². The number of hydrogen-bond acceptors (Lipinski definition) is 4. The lowest BCUT2D eigenvalue weighted by molar-refractivity contribution is 0.0438. The van der Waals surface area contributed by atoms with Crippen molar-refractivity contribution in [3.05, 3.63) is 58.0 Å². The Labute approximate surface area is 138 Å². The van der Waals surface area contributed by atoms with E-state index in [0.717, 1.165) is 10.4 Å². The quantitative estimate of drug-likeness (QED) is 0.840. The van der Waals surface area contributed by atoms with Gasteiger partial charge >= 0.3 is 0 Å². The van der Waals surface area contributed by atoms with Crippen LogP contribution in [-0.4, -0.2) is 35.7 Å². The van der Waals surface area contributed by atoms with Crippen LogP contribution in [0.4, 0.5) is 4.39 Å².